The van der Waals surface area contributed by atoms with Crippen LogP contribution in [0.4, 0.5) is 10.1 Å². The van der Waals surface area contributed by atoms with Gasteiger partial charge in [-0.3, -0.25) is 34.6 Å². The number of nitrogens with zero attached hydrogens (tertiary/aromatic N) is 4. The first kappa shape index (κ1) is 28.9. The van der Waals surface area contributed by atoms with Crippen LogP contribution in [0, 0.1) is 21.3 Å². The Morgan fingerprint density at radius 3 is 2.61 bits per heavy atom. The van der Waals surface area contributed by atoms with Crippen LogP contribution in [0.2, 0.25) is 0 Å². The Morgan fingerprint density at radius 1 is 1.24 bits per heavy atom. The summed E-state index contributed by atoms with van der Waals surface area (Å²) in [5.41, 5.74) is 7.05. The number of fused-ring (bicyclic) bond motifs is 1. The Labute approximate surface area is 233 Å². The maximum absolute atomic E-state index is 14.7. The smallest absolute Gasteiger partial charge is 0.327 e. The molecule has 0 spiro atoms. The number of non-ortho nitro benzene ring substituents is 1. The van der Waals surface area contributed by atoms with Gasteiger partial charge in [0.1, 0.15) is 24.2 Å². The van der Waals surface area contributed by atoms with Crippen LogP contribution in [0.25, 0.3) is 0 Å². The van der Waals surface area contributed by atoms with Crippen molar-refractivity contribution in [1.82, 2.24) is 20.0 Å². The number of halogens is 1. The third-order valence-corrected chi connectivity index (χ3v) is 6.53. The number of carbonyl (C=O) groups excluding carboxylic acids is 3. The molecule has 1 atom stereocenters. The predicted molar refractivity (Wildman–Crippen MR) is 143 cm³/mol. The van der Waals surface area contributed by atoms with Crippen molar-refractivity contribution < 1.29 is 28.4 Å². The SMILES string of the molecule is CCOC(=O)Cn1cc2c(n1)CCN(C(=O)[C@H](Cc1ccc([N+](=O)[O-])cc1)NC(=O)c1ccc(C(=N)N)cc1F)C2. The minimum absolute atomic E-state index is 0.0127. The molecule has 41 heavy (non-hydrogen) atoms. The number of aromatic nitrogens is 2. The number of hydrogen-bond donors (Lipinski definition) is 3. The predicted octanol–water partition coefficient (Wildman–Crippen LogP) is 1.70. The third-order valence-electron chi connectivity index (χ3n) is 6.53. The number of nitro groups is 1. The maximum atomic E-state index is 14.7. The van der Waals surface area contributed by atoms with Crippen molar-refractivity contribution in [3.8, 4) is 0 Å². The molecular formula is C27H28FN7O6. The molecule has 0 bridgehead atoms. The van der Waals surface area contributed by atoms with Gasteiger partial charge < -0.3 is 20.7 Å². The van der Waals surface area contributed by atoms with Crippen molar-refractivity contribution in [3.63, 3.8) is 0 Å². The van der Waals surface area contributed by atoms with Gasteiger partial charge in [0.15, 0.2) is 0 Å². The van der Waals surface area contributed by atoms with Gasteiger partial charge in [0.05, 0.1) is 22.8 Å². The Morgan fingerprint density at radius 2 is 1.98 bits per heavy atom. The highest BCUT2D eigenvalue weighted by Gasteiger charge is 2.31. The second-order valence-corrected chi connectivity index (χ2v) is 9.38. The minimum Gasteiger partial charge on any atom is -0.465 e. The highest BCUT2D eigenvalue weighted by molar-refractivity contribution is 6.00. The van der Waals surface area contributed by atoms with Crippen LogP contribution in [-0.4, -0.2) is 62.4 Å². The zero-order valence-electron chi connectivity index (χ0n) is 22.1. The summed E-state index contributed by atoms with van der Waals surface area (Å²) in [5.74, 6) is -3.00. The summed E-state index contributed by atoms with van der Waals surface area (Å²) in [7, 11) is 0. The van der Waals surface area contributed by atoms with Crippen LogP contribution >= 0.6 is 0 Å². The number of nitrogen functional groups attached to an aromatic ring is 1. The molecule has 2 heterocycles. The maximum Gasteiger partial charge on any atom is 0.327 e. The van der Waals surface area contributed by atoms with Gasteiger partial charge in [-0.1, -0.05) is 18.2 Å². The Balaban J connectivity index is 1.55. The Kier molecular flexibility index (Phi) is 8.70. The van der Waals surface area contributed by atoms with Crippen LogP contribution in [0.1, 0.15) is 39.7 Å². The number of esters is 1. The molecule has 0 unspecified atom stereocenters. The van der Waals surface area contributed by atoms with E-state index in [0.717, 1.165) is 17.3 Å². The van der Waals surface area contributed by atoms with E-state index < -0.39 is 34.6 Å². The zero-order chi connectivity index (χ0) is 29.7. The van der Waals surface area contributed by atoms with Crippen LogP contribution < -0.4 is 11.1 Å². The molecular weight excluding hydrogens is 537 g/mol. The number of ether oxygens (including phenoxy) is 1. The summed E-state index contributed by atoms with van der Waals surface area (Å²) in [4.78, 5) is 50.7. The van der Waals surface area contributed by atoms with Crippen molar-refractivity contribution >= 4 is 29.3 Å². The largest absolute Gasteiger partial charge is 0.465 e. The molecule has 14 heteroatoms. The van der Waals surface area contributed by atoms with Gasteiger partial charge in [0, 0.05) is 55.4 Å². The van der Waals surface area contributed by atoms with Gasteiger partial charge >= 0.3 is 5.97 Å². The lowest BCUT2D eigenvalue weighted by atomic mass is 10.0. The van der Waals surface area contributed by atoms with Gasteiger partial charge in [0.25, 0.3) is 11.6 Å². The van der Waals surface area contributed by atoms with Crippen molar-refractivity contribution in [3.05, 3.63) is 92.5 Å². The number of carbonyl (C=O) groups is 3. The molecule has 13 nitrogen and oxygen atoms in total. The fourth-order valence-electron chi connectivity index (χ4n) is 4.49. The third kappa shape index (κ3) is 6.90. The van der Waals surface area contributed by atoms with Gasteiger partial charge in [-0.25, -0.2) is 4.39 Å². The highest BCUT2D eigenvalue weighted by Crippen LogP contribution is 2.21. The number of nitrogens with one attached hydrogen (secondary N) is 2. The van der Waals surface area contributed by atoms with Crippen LogP contribution in [0.15, 0.2) is 48.7 Å². The zero-order valence-corrected chi connectivity index (χ0v) is 22.1. The van der Waals surface area contributed by atoms with Crippen molar-refractivity contribution in [1.29, 1.82) is 5.41 Å². The van der Waals surface area contributed by atoms with Crippen molar-refractivity contribution in [2.24, 2.45) is 5.73 Å². The molecule has 3 aromatic rings. The molecule has 0 saturated heterocycles. The fraction of sp³-hybridized carbons (Fsp3) is 0.296. The second kappa shape index (κ2) is 12.4. The number of amides is 2. The molecule has 0 saturated carbocycles. The molecule has 1 aliphatic heterocycles. The van der Waals surface area contributed by atoms with Crippen LogP contribution in [-0.2, 0) is 40.3 Å². The average molecular weight is 566 g/mol. The second-order valence-electron chi connectivity index (χ2n) is 9.38. The van der Waals surface area contributed by atoms with Gasteiger partial charge in [-0.15, -0.1) is 0 Å². The summed E-state index contributed by atoms with van der Waals surface area (Å²) in [6.45, 7) is 2.34. The van der Waals surface area contributed by atoms with Gasteiger partial charge in [-0.2, -0.15) is 5.10 Å². The van der Waals surface area contributed by atoms with E-state index in [1.165, 1.54) is 46.0 Å². The fourth-order valence-corrected chi connectivity index (χ4v) is 4.49. The Hall–Kier alpha value is -5.14. The number of nitro benzene ring substituents is 1. The van der Waals surface area contributed by atoms with E-state index in [1.807, 2.05) is 0 Å². The summed E-state index contributed by atoms with van der Waals surface area (Å²) in [6, 6.07) is 7.90. The number of hydrogen-bond acceptors (Lipinski definition) is 8. The Bertz CT molecular complexity index is 1500. The van der Waals surface area contributed by atoms with E-state index >= 15 is 0 Å². The van der Waals surface area contributed by atoms with Crippen molar-refractivity contribution in [2.45, 2.75) is 38.9 Å². The highest BCUT2D eigenvalue weighted by atomic mass is 19.1. The summed E-state index contributed by atoms with van der Waals surface area (Å²) in [6.07, 6.45) is 2.07. The average Bonchev–Trinajstić information content (AvgIpc) is 3.33. The molecule has 214 valence electrons. The van der Waals surface area contributed by atoms with E-state index in [9.17, 15) is 28.9 Å². The first-order chi connectivity index (χ1) is 19.5. The lowest BCUT2D eigenvalue weighted by molar-refractivity contribution is -0.384. The molecule has 0 radical (unpaired) electrons. The monoisotopic (exact) mass is 565 g/mol. The summed E-state index contributed by atoms with van der Waals surface area (Å²) in [5, 5.41) is 25.5. The molecule has 2 amide bonds. The quantitative estimate of drug-likeness (QED) is 0.109. The van der Waals surface area contributed by atoms with Gasteiger partial charge in [0.2, 0.25) is 5.91 Å². The first-order valence-electron chi connectivity index (χ1n) is 12.7. The summed E-state index contributed by atoms with van der Waals surface area (Å²) < 4.78 is 21.1. The van der Waals surface area contributed by atoms with Crippen LogP contribution in [0.3, 0.4) is 0 Å². The van der Waals surface area contributed by atoms with Crippen molar-refractivity contribution in [2.75, 3.05) is 13.2 Å². The molecule has 0 aliphatic carbocycles. The first-order valence-corrected chi connectivity index (χ1v) is 12.7. The van der Waals surface area contributed by atoms with E-state index in [2.05, 4.69) is 10.4 Å². The molecule has 4 rings (SSSR count). The van der Waals surface area contributed by atoms with E-state index in [1.54, 1.807) is 13.1 Å². The molecule has 2 aromatic carbocycles. The molecule has 0 fully saturated rings. The molecule has 1 aliphatic rings. The topological polar surface area (TPSA) is 187 Å². The van der Waals surface area contributed by atoms with Gasteiger partial charge in [-0.05, 0) is 24.6 Å². The number of amidine groups is 1. The van der Waals surface area contributed by atoms with E-state index in [-0.39, 0.29) is 55.3 Å². The van der Waals surface area contributed by atoms with Crippen LogP contribution in [0.5, 0.6) is 0 Å². The number of benzene rings is 2. The standard InChI is InChI=1S/C27H28FN7O6/c1-2-41-24(36)15-34-14-18-13-33(10-9-22(18)32-34)27(38)23(11-16-3-6-19(7-4-16)35(39)40)31-26(37)20-8-5-17(25(29)30)12-21(20)28/h3-8,12,14,23H,2,9-11,13,15H2,1H3,(H3,29,30)(H,31,37)/t23-/m0/s1. The molecule has 4 N–H and O–H groups in total. The number of rotatable bonds is 10. The van der Waals surface area contributed by atoms with E-state index in [0.29, 0.717) is 12.0 Å². The summed E-state index contributed by atoms with van der Waals surface area (Å²) >= 11 is 0. The lowest BCUT2D eigenvalue weighted by Crippen LogP contribution is -2.51. The lowest BCUT2D eigenvalue weighted by Gasteiger charge is -2.30. The number of nitrogens with two attached hydrogens (primary N) is 1. The normalized spacial score (nSPS) is 13.2. The minimum atomic E-state index is -1.13. The van der Waals surface area contributed by atoms with E-state index in [4.69, 9.17) is 15.9 Å². The molecule has 1 aromatic heterocycles.